The number of ether oxygens (including phenoxy) is 2. The Bertz CT molecular complexity index is 1170. The van der Waals surface area contributed by atoms with Gasteiger partial charge in [-0.15, -0.1) is 0 Å². The van der Waals surface area contributed by atoms with Gasteiger partial charge in [-0.3, -0.25) is 5.32 Å². The molecule has 0 aliphatic heterocycles. The second kappa shape index (κ2) is 9.27. The van der Waals surface area contributed by atoms with Gasteiger partial charge in [0.2, 0.25) is 0 Å². The number of aromatic nitrogens is 3. The van der Waals surface area contributed by atoms with Crippen molar-refractivity contribution in [2.45, 2.75) is 46.3 Å². The van der Waals surface area contributed by atoms with E-state index in [1.165, 1.54) is 12.1 Å². The van der Waals surface area contributed by atoms with E-state index >= 15 is 0 Å². The third kappa shape index (κ3) is 6.06. The number of amides is 1. The number of carboxylic acid groups (broad SMARTS) is 1. The van der Waals surface area contributed by atoms with Crippen LogP contribution in [0.4, 0.5) is 21.2 Å². The molecule has 1 amide bonds. The van der Waals surface area contributed by atoms with Crippen molar-refractivity contribution in [1.29, 1.82) is 0 Å². The number of hydrogen-bond acceptors (Lipinski definition) is 8. The first-order chi connectivity index (χ1) is 15.4. The molecule has 0 aliphatic carbocycles. The second-order valence-corrected chi connectivity index (χ2v) is 8.68. The largest absolute Gasteiger partial charge is 0.511 e. The van der Waals surface area contributed by atoms with Gasteiger partial charge in [-0.2, -0.15) is 0 Å². The van der Waals surface area contributed by atoms with E-state index in [0.29, 0.717) is 33.9 Å². The Kier molecular flexibility index (Phi) is 6.66. The average Bonchev–Trinajstić information content (AvgIpc) is 2.71. The topological polar surface area (TPSA) is 127 Å². The number of hydrogen-bond donors (Lipinski definition) is 2. The smallest absolute Gasteiger partial charge is 0.449 e. The zero-order valence-electron chi connectivity index (χ0n) is 19.4. The van der Waals surface area contributed by atoms with Crippen LogP contribution in [0.5, 0.6) is 5.75 Å². The van der Waals surface area contributed by atoms with Crippen LogP contribution in [-0.2, 0) is 4.74 Å². The zero-order valence-corrected chi connectivity index (χ0v) is 19.4. The molecule has 3 aromatic rings. The van der Waals surface area contributed by atoms with Gasteiger partial charge in [-0.25, -0.2) is 24.5 Å². The third-order valence-electron chi connectivity index (χ3n) is 4.60. The highest BCUT2D eigenvalue weighted by Crippen LogP contribution is 2.31. The van der Waals surface area contributed by atoms with Crippen molar-refractivity contribution >= 4 is 34.9 Å². The Labute approximate surface area is 191 Å². The quantitative estimate of drug-likeness (QED) is 0.408. The summed E-state index contributed by atoms with van der Waals surface area (Å²) in [6, 6.07) is 8.27. The summed E-state index contributed by atoms with van der Waals surface area (Å²) in [5.74, 6) is 1.10. The lowest BCUT2D eigenvalue weighted by Gasteiger charge is -2.25. The Balaban J connectivity index is 1.99. The summed E-state index contributed by atoms with van der Waals surface area (Å²) in [4.78, 5) is 38.6. The van der Waals surface area contributed by atoms with E-state index in [9.17, 15) is 9.59 Å². The van der Waals surface area contributed by atoms with Crippen molar-refractivity contribution in [3.05, 3.63) is 36.5 Å². The molecule has 0 saturated carbocycles. The second-order valence-electron chi connectivity index (χ2n) is 8.68. The number of benzene rings is 1. The van der Waals surface area contributed by atoms with E-state index in [-0.39, 0.29) is 11.8 Å². The van der Waals surface area contributed by atoms with Crippen LogP contribution in [0.3, 0.4) is 0 Å². The molecule has 10 nitrogen and oxygen atoms in total. The van der Waals surface area contributed by atoms with Crippen molar-refractivity contribution in [2.24, 2.45) is 0 Å². The minimum Gasteiger partial charge on any atom is -0.449 e. The summed E-state index contributed by atoms with van der Waals surface area (Å²) < 4.78 is 9.99. The Hall–Kier alpha value is -3.95. The molecule has 2 heterocycles. The SMILES string of the molecule is CC(C)N(C)c1nc2cc(OC(=O)O)ccc2nc1-c1ccc(NC(=O)OC(C)(C)C)nc1. The number of anilines is 2. The van der Waals surface area contributed by atoms with Crippen LogP contribution in [0.25, 0.3) is 22.3 Å². The molecule has 10 heteroatoms. The van der Waals surface area contributed by atoms with E-state index in [0.717, 1.165) is 0 Å². The number of nitrogens with one attached hydrogen (secondary N) is 1. The van der Waals surface area contributed by atoms with Gasteiger partial charge < -0.3 is 19.5 Å². The maximum Gasteiger partial charge on any atom is 0.511 e. The van der Waals surface area contributed by atoms with Gasteiger partial charge in [-0.05, 0) is 58.9 Å². The summed E-state index contributed by atoms with van der Waals surface area (Å²) in [6.07, 6.45) is -0.389. The highest BCUT2D eigenvalue weighted by atomic mass is 16.7. The Morgan fingerprint density at radius 2 is 1.82 bits per heavy atom. The Morgan fingerprint density at radius 1 is 1.09 bits per heavy atom. The van der Waals surface area contributed by atoms with Crippen LogP contribution in [0.15, 0.2) is 36.5 Å². The highest BCUT2D eigenvalue weighted by Gasteiger charge is 2.19. The molecule has 0 unspecified atom stereocenters. The zero-order chi connectivity index (χ0) is 24.3. The molecule has 0 saturated heterocycles. The lowest BCUT2D eigenvalue weighted by atomic mass is 10.1. The number of nitrogens with zero attached hydrogens (tertiary/aromatic N) is 4. The first-order valence-electron chi connectivity index (χ1n) is 10.3. The lowest BCUT2D eigenvalue weighted by molar-refractivity contribution is 0.0635. The minimum absolute atomic E-state index is 0.120. The molecule has 33 heavy (non-hydrogen) atoms. The van der Waals surface area contributed by atoms with Crippen molar-refractivity contribution in [2.75, 3.05) is 17.3 Å². The molecule has 0 atom stereocenters. The van der Waals surface area contributed by atoms with Crippen LogP contribution < -0.4 is 15.0 Å². The number of fused-ring (bicyclic) bond motifs is 1. The fourth-order valence-corrected chi connectivity index (χ4v) is 2.89. The fourth-order valence-electron chi connectivity index (χ4n) is 2.89. The van der Waals surface area contributed by atoms with Gasteiger partial charge in [-0.1, -0.05) is 0 Å². The molecule has 174 valence electrons. The first-order valence-corrected chi connectivity index (χ1v) is 10.3. The van der Waals surface area contributed by atoms with Crippen LogP contribution in [0.2, 0.25) is 0 Å². The maximum atomic E-state index is 12.0. The van der Waals surface area contributed by atoms with Gasteiger partial charge in [0, 0.05) is 30.9 Å². The third-order valence-corrected chi connectivity index (χ3v) is 4.60. The summed E-state index contributed by atoms with van der Waals surface area (Å²) in [5, 5.41) is 11.5. The summed E-state index contributed by atoms with van der Waals surface area (Å²) in [5.41, 5.74) is 1.75. The molecule has 0 aliphatic rings. The summed E-state index contributed by atoms with van der Waals surface area (Å²) in [7, 11) is 1.90. The number of carbonyl (C=O) groups excluding carboxylic acids is 1. The molecule has 3 rings (SSSR count). The molecule has 0 bridgehead atoms. The van der Waals surface area contributed by atoms with Crippen LogP contribution in [-0.4, -0.2) is 51.0 Å². The molecule has 2 aromatic heterocycles. The number of pyridine rings is 1. The predicted octanol–water partition coefficient (Wildman–Crippen LogP) is 4.94. The minimum atomic E-state index is -1.40. The highest BCUT2D eigenvalue weighted by molar-refractivity contribution is 5.86. The van der Waals surface area contributed by atoms with Crippen molar-refractivity contribution in [1.82, 2.24) is 15.0 Å². The van der Waals surface area contributed by atoms with Crippen molar-refractivity contribution in [3.8, 4) is 17.0 Å². The van der Waals surface area contributed by atoms with Gasteiger partial charge in [0.15, 0.2) is 5.82 Å². The molecule has 2 N–H and O–H groups in total. The predicted molar refractivity (Wildman–Crippen MR) is 125 cm³/mol. The van der Waals surface area contributed by atoms with E-state index in [1.807, 2.05) is 25.8 Å². The normalized spacial score (nSPS) is 11.4. The fraction of sp³-hybridized carbons (Fsp3) is 0.348. The monoisotopic (exact) mass is 453 g/mol. The van der Waals surface area contributed by atoms with Gasteiger partial charge in [0.05, 0.1) is 11.0 Å². The van der Waals surface area contributed by atoms with Crippen LogP contribution >= 0.6 is 0 Å². The molecule has 0 fully saturated rings. The molecular weight excluding hydrogens is 426 g/mol. The van der Waals surface area contributed by atoms with Gasteiger partial charge >= 0.3 is 12.2 Å². The van der Waals surface area contributed by atoms with E-state index in [2.05, 4.69) is 10.3 Å². The van der Waals surface area contributed by atoms with Gasteiger partial charge in [0.25, 0.3) is 0 Å². The number of carbonyl (C=O) groups is 2. The summed E-state index contributed by atoms with van der Waals surface area (Å²) in [6.45, 7) is 9.39. The molecule has 0 spiro atoms. The molecule has 1 aromatic carbocycles. The standard InChI is InChI=1S/C23H27N5O5/c1-13(2)28(6)20-19(25-16-9-8-15(32-22(30)31)11-17(16)26-20)14-7-10-18(24-12-14)27-21(29)33-23(3,4)5/h7-13H,1-6H3,(H,30,31)(H,24,27,29). The number of rotatable bonds is 5. The van der Waals surface area contributed by atoms with E-state index in [4.69, 9.17) is 24.5 Å². The van der Waals surface area contributed by atoms with Crippen LogP contribution in [0.1, 0.15) is 34.6 Å². The average molecular weight is 453 g/mol. The molecular formula is C23H27N5O5. The summed E-state index contributed by atoms with van der Waals surface area (Å²) >= 11 is 0. The van der Waals surface area contributed by atoms with Gasteiger partial charge in [0.1, 0.15) is 22.9 Å². The van der Waals surface area contributed by atoms with Crippen molar-refractivity contribution in [3.63, 3.8) is 0 Å². The Morgan fingerprint density at radius 3 is 2.39 bits per heavy atom. The first kappa shape index (κ1) is 23.7. The van der Waals surface area contributed by atoms with E-state index in [1.54, 1.807) is 45.2 Å². The van der Waals surface area contributed by atoms with Crippen molar-refractivity contribution < 1.29 is 24.2 Å². The maximum absolute atomic E-state index is 12.0. The molecule has 0 radical (unpaired) electrons. The van der Waals surface area contributed by atoms with Crippen LogP contribution in [0, 0.1) is 0 Å². The lowest BCUT2D eigenvalue weighted by Crippen LogP contribution is -2.27. The van der Waals surface area contributed by atoms with E-state index < -0.39 is 17.8 Å².